The molecule has 18 heavy (non-hydrogen) atoms. The van der Waals surface area contributed by atoms with Crippen LogP contribution < -0.4 is 4.74 Å². The molecule has 2 rings (SSSR count). The highest BCUT2D eigenvalue weighted by atomic mass is 16.5. The van der Waals surface area contributed by atoms with Crippen molar-refractivity contribution in [2.75, 3.05) is 7.11 Å². The van der Waals surface area contributed by atoms with E-state index in [1.807, 2.05) is 30.3 Å². The predicted octanol–water partition coefficient (Wildman–Crippen LogP) is 2.44. The Hall–Kier alpha value is -2.10. The Labute approximate surface area is 106 Å². The zero-order valence-corrected chi connectivity index (χ0v) is 10.6. The van der Waals surface area contributed by atoms with Gasteiger partial charge in [-0.3, -0.25) is 4.79 Å². The summed E-state index contributed by atoms with van der Waals surface area (Å²) in [6, 6.07) is 7.56. The fourth-order valence-electron chi connectivity index (χ4n) is 1.52. The minimum Gasteiger partial charge on any atom is -0.497 e. The van der Waals surface area contributed by atoms with Crippen molar-refractivity contribution in [3.8, 4) is 5.75 Å². The Bertz CT molecular complexity index is 512. The number of hydrogen-bond acceptors (Lipinski definition) is 3. The van der Waals surface area contributed by atoms with E-state index in [0.29, 0.717) is 5.90 Å². The Kier molecular flexibility index (Phi) is 3.19. The van der Waals surface area contributed by atoms with Gasteiger partial charge in [-0.25, -0.2) is 0 Å². The van der Waals surface area contributed by atoms with Crippen LogP contribution in [-0.4, -0.2) is 24.5 Å². The molecule has 0 saturated carbocycles. The molecule has 1 aromatic carbocycles. The van der Waals surface area contributed by atoms with Crippen LogP contribution in [-0.2, 0) is 9.53 Å². The van der Waals surface area contributed by atoms with Crippen LogP contribution in [0.1, 0.15) is 19.4 Å². The molecule has 1 amide bonds. The van der Waals surface area contributed by atoms with Crippen molar-refractivity contribution in [1.29, 1.82) is 0 Å². The van der Waals surface area contributed by atoms with Gasteiger partial charge >= 0.3 is 0 Å². The number of carbonyl (C=O) groups excluding carboxylic acids is 1. The van der Waals surface area contributed by atoms with Crippen molar-refractivity contribution in [3.05, 3.63) is 35.9 Å². The lowest BCUT2D eigenvalue weighted by Crippen LogP contribution is -2.28. The Morgan fingerprint density at radius 2 is 1.89 bits per heavy atom. The van der Waals surface area contributed by atoms with Crippen LogP contribution in [0.3, 0.4) is 0 Å². The molecular formula is C14H15NO3. The molecule has 0 unspecified atom stereocenters. The lowest BCUT2D eigenvalue weighted by Gasteiger charge is -2.13. The summed E-state index contributed by atoms with van der Waals surface area (Å²) in [5, 5.41) is 0. The van der Waals surface area contributed by atoms with Crippen LogP contribution in [0.15, 0.2) is 35.3 Å². The second-order valence-corrected chi connectivity index (χ2v) is 4.47. The first-order valence-electron chi connectivity index (χ1n) is 5.65. The van der Waals surface area contributed by atoms with Crippen LogP contribution >= 0.6 is 0 Å². The smallest absolute Gasteiger partial charge is 0.292 e. The number of benzene rings is 1. The minimum absolute atomic E-state index is 0.253. The van der Waals surface area contributed by atoms with E-state index in [2.05, 4.69) is 4.99 Å². The summed E-state index contributed by atoms with van der Waals surface area (Å²) in [5.41, 5.74) is 0.138. The van der Waals surface area contributed by atoms with Gasteiger partial charge in [-0.1, -0.05) is 12.1 Å². The van der Waals surface area contributed by atoms with Gasteiger partial charge in [0.05, 0.1) is 7.11 Å². The maximum absolute atomic E-state index is 11.4. The highest BCUT2D eigenvalue weighted by Gasteiger charge is 2.36. The Balaban J connectivity index is 2.08. The van der Waals surface area contributed by atoms with E-state index in [1.165, 1.54) is 0 Å². The second kappa shape index (κ2) is 4.64. The number of nitrogens with zero attached hydrogens (tertiary/aromatic N) is 1. The van der Waals surface area contributed by atoms with Crippen LogP contribution in [0.25, 0.3) is 6.08 Å². The molecule has 1 heterocycles. The minimum atomic E-state index is -0.848. The average Bonchev–Trinajstić information content (AvgIpc) is 2.61. The van der Waals surface area contributed by atoms with Crippen molar-refractivity contribution in [2.24, 2.45) is 4.99 Å². The van der Waals surface area contributed by atoms with Gasteiger partial charge in [-0.05, 0) is 37.6 Å². The summed E-state index contributed by atoms with van der Waals surface area (Å²) in [4.78, 5) is 15.3. The summed E-state index contributed by atoms with van der Waals surface area (Å²) in [7, 11) is 1.62. The summed E-state index contributed by atoms with van der Waals surface area (Å²) in [5.74, 6) is 0.899. The van der Waals surface area contributed by atoms with Gasteiger partial charge in [-0.15, -0.1) is 0 Å². The number of carbonyl (C=O) groups is 1. The van der Waals surface area contributed by atoms with E-state index in [1.54, 1.807) is 27.0 Å². The Morgan fingerprint density at radius 1 is 1.22 bits per heavy atom. The molecule has 1 aromatic rings. The summed E-state index contributed by atoms with van der Waals surface area (Å²) < 4.78 is 10.5. The lowest BCUT2D eigenvalue weighted by molar-refractivity contribution is -0.128. The van der Waals surface area contributed by atoms with Gasteiger partial charge in [0.1, 0.15) is 5.75 Å². The molecule has 1 aliphatic rings. The third-order valence-electron chi connectivity index (χ3n) is 2.62. The zero-order chi connectivity index (χ0) is 13.2. The second-order valence-electron chi connectivity index (χ2n) is 4.47. The molecule has 1 aliphatic heterocycles. The molecule has 0 aromatic heterocycles. The third-order valence-corrected chi connectivity index (χ3v) is 2.62. The molecule has 4 nitrogen and oxygen atoms in total. The van der Waals surface area contributed by atoms with E-state index in [4.69, 9.17) is 9.47 Å². The van der Waals surface area contributed by atoms with E-state index < -0.39 is 5.60 Å². The molecule has 0 bridgehead atoms. The normalized spacial score (nSPS) is 17.7. The number of hydrogen-bond donors (Lipinski definition) is 0. The first-order valence-corrected chi connectivity index (χ1v) is 5.65. The van der Waals surface area contributed by atoms with E-state index in [-0.39, 0.29) is 5.91 Å². The van der Waals surface area contributed by atoms with E-state index in [9.17, 15) is 4.79 Å². The molecule has 0 fully saturated rings. The fourth-order valence-corrected chi connectivity index (χ4v) is 1.52. The van der Waals surface area contributed by atoms with Crippen LogP contribution in [0.5, 0.6) is 5.75 Å². The molecule has 0 N–H and O–H groups in total. The van der Waals surface area contributed by atoms with Gasteiger partial charge in [-0.2, -0.15) is 4.99 Å². The predicted molar refractivity (Wildman–Crippen MR) is 69.6 cm³/mol. The zero-order valence-electron chi connectivity index (χ0n) is 10.6. The molecule has 0 saturated heterocycles. The van der Waals surface area contributed by atoms with E-state index >= 15 is 0 Å². The molecule has 4 heteroatoms. The van der Waals surface area contributed by atoms with Gasteiger partial charge in [0.15, 0.2) is 5.60 Å². The molecule has 0 aliphatic carbocycles. The maximum Gasteiger partial charge on any atom is 0.292 e. The fraction of sp³-hybridized carbons (Fsp3) is 0.286. The number of methoxy groups -OCH3 is 1. The molecular weight excluding hydrogens is 230 g/mol. The first-order chi connectivity index (χ1) is 8.51. The number of rotatable bonds is 3. The van der Waals surface area contributed by atoms with Gasteiger partial charge in [0.25, 0.3) is 5.91 Å². The van der Waals surface area contributed by atoms with Crippen molar-refractivity contribution >= 4 is 17.9 Å². The number of amides is 1. The molecule has 0 radical (unpaired) electrons. The maximum atomic E-state index is 11.4. The van der Waals surface area contributed by atoms with E-state index in [0.717, 1.165) is 11.3 Å². The van der Waals surface area contributed by atoms with Crippen LogP contribution in [0.2, 0.25) is 0 Å². The highest BCUT2D eigenvalue weighted by molar-refractivity contribution is 6.07. The summed E-state index contributed by atoms with van der Waals surface area (Å²) in [6.45, 7) is 3.40. The summed E-state index contributed by atoms with van der Waals surface area (Å²) in [6.07, 6.45) is 3.53. The van der Waals surface area contributed by atoms with Gasteiger partial charge < -0.3 is 9.47 Å². The van der Waals surface area contributed by atoms with Crippen molar-refractivity contribution < 1.29 is 14.3 Å². The summed E-state index contributed by atoms with van der Waals surface area (Å²) >= 11 is 0. The Morgan fingerprint density at radius 3 is 2.39 bits per heavy atom. The molecule has 94 valence electrons. The van der Waals surface area contributed by atoms with Crippen molar-refractivity contribution in [3.63, 3.8) is 0 Å². The third kappa shape index (κ3) is 2.59. The largest absolute Gasteiger partial charge is 0.497 e. The SMILES string of the molecule is COc1ccc(/C=C/C2=NC(=O)C(C)(C)O2)cc1. The highest BCUT2D eigenvalue weighted by Crippen LogP contribution is 2.20. The number of ether oxygens (including phenoxy) is 2. The topological polar surface area (TPSA) is 47.9 Å². The van der Waals surface area contributed by atoms with Crippen molar-refractivity contribution in [2.45, 2.75) is 19.4 Å². The standard InChI is InChI=1S/C14H15NO3/c1-14(2)13(16)15-12(18-14)9-6-10-4-7-11(17-3)8-5-10/h4-9H,1-3H3/b9-6+. The van der Waals surface area contributed by atoms with Crippen molar-refractivity contribution in [1.82, 2.24) is 0 Å². The van der Waals surface area contributed by atoms with Crippen LogP contribution in [0.4, 0.5) is 0 Å². The molecule has 0 atom stereocenters. The first kappa shape index (κ1) is 12.4. The van der Waals surface area contributed by atoms with Gasteiger partial charge in [0, 0.05) is 6.08 Å². The van der Waals surface area contributed by atoms with Gasteiger partial charge in [0.2, 0.25) is 5.90 Å². The average molecular weight is 245 g/mol. The molecule has 0 spiro atoms. The van der Waals surface area contributed by atoms with Crippen LogP contribution in [0, 0.1) is 0 Å². The quantitative estimate of drug-likeness (QED) is 0.821. The number of aliphatic imine (C=N–C) groups is 1. The lowest BCUT2D eigenvalue weighted by atomic mass is 10.1. The monoisotopic (exact) mass is 245 g/mol.